The minimum Gasteiger partial charge on any atom is -0.544 e. The molecule has 8 heteroatoms. The van der Waals surface area contributed by atoms with Crippen LogP contribution < -0.4 is 8.85 Å². The molecule has 0 spiro atoms. The van der Waals surface area contributed by atoms with Gasteiger partial charge in [-0.1, -0.05) is 6.07 Å². The number of pyridine rings is 1. The zero-order valence-corrected chi connectivity index (χ0v) is 20.9. The Balaban J connectivity index is 2.67. The SMILES string of the molecule is C[Si](C)(C)OC(=O)c1cc(O[Si](C)(C)C)c2cccc(O[Si](C)(C)C)c2n1. The first-order valence-electron chi connectivity index (χ1n) is 9.20. The molecule has 148 valence electrons. The summed E-state index contributed by atoms with van der Waals surface area (Å²) >= 11 is 0. The zero-order valence-electron chi connectivity index (χ0n) is 17.9. The Kier molecular flexibility index (Phi) is 5.94. The van der Waals surface area contributed by atoms with Crippen LogP contribution in [0.5, 0.6) is 11.5 Å². The Labute approximate surface area is 165 Å². The van der Waals surface area contributed by atoms with Gasteiger partial charge in [0.2, 0.25) is 25.0 Å². The van der Waals surface area contributed by atoms with Gasteiger partial charge < -0.3 is 13.3 Å². The first kappa shape index (κ1) is 21.6. The van der Waals surface area contributed by atoms with E-state index in [9.17, 15) is 4.79 Å². The molecule has 2 aromatic rings. The molecule has 0 saturated heterocycles. The van der Waals surface area contributed by atoms with Crippen molar-refractivity contribution in [2.45, 2.75) is 58.9 Å². The number of hydrogen-bond donors (Lipinski definition) is 0. The Morgan fingerprint density at radius 2 is 1.37 bits per heavy atom. The van der Waals surface area contributed by atoms with Crippen LogP contribution in [0.3, 0.4) is 0 Å². The molecular weight excluding hydrogens is 390 g/mol. The monoisotopic (exact) mass is 421 g/mol. The van der Waals surface area contributed by atoms with E-state index in [0.29, 0.717) is 17.0 Å². The van der Waals surface area contributed by atoms with Crippen LogP contribution in [0.25, 0.3) is 10.9 Å². The number of nitrogens with zero attached hydrogens (tertiary/aromatic N) is 1. The lowest BCUT2D eigenvalue weighted by molar-refractivity contribution is 0.0718. The molecule has 0 amide bonds. The lowest BCUT2D eigenvalue weighted by Crippen LogP contribution is -2.31. The van der Waals surface area contributed by atoms with Gasteiger partial charge in [-0.05, 0) is 71.1 Å². The van der Waals surface area contributed by atoms with E-state index in [1.54, 1.807) is 6.07 Å². The molecule has 0 fully saturated rings. The highest BCUT2D eigenvalue weighted by Crippen LogP contribution is 2.34. The Morgan fingerprint density at radius 1 is 0.815 bits per heavy atom. The van der Waals surface area contributed by atoms with E-state index in [0.717, 1.165) is 5.39 Å². The normalized spacial score (nSPS) is 12.8. The summed E-state index contributed by atoms with van der Waals surface area (Å²) in [7, 11) is -5.76. The third-order valence-electron chi connectivity index (χ3n) is 3.20. The maximum Gasteiger partial charge on any atom is 0.343 e. The Morgan fingerprint density at radius 3 is 1.89 bits per heavy atom. The summed E-state index contributed by atoms with van der Waals surface area (Å²) in [5, 5.41) is 0.859. The van der Waals surface area contributed by atoms with Crippen molar-refractivity contribution >= 4 is 41.8 Å². The molecule has 1 aromatic heterocycles. The van der Waals surface area contributed by atoms with E-state index < -0.39 is 30.9 Å². The molecule has 27 heavy (non-hydrogen) atoms. The molecule has 5 nitrogen and oxygen atoms in total. The molecule has 2 rings (SSSR count). The smallest absolute Gasteiger partial charge is 0.343 e. The summed E-state index contributed by atoms with van der Waals surface area (Å²) in [4.78, 5) is 17.3. The van der Waals surface area contributed by atoms with Gasteiger partial charge in [-0.15, -0.1) is 0 Å². The van der Waals surface area contributed by atoms with Gasteiger partial charge in [-0.2, -0.15) is 0 Å². The number of aromatic nitrogens is 1. The molecule has 1 aromatic carbocycles. The first-order chi connectivity index (χ1) is 12.1. The van der Waals surface area contributed by atoms with Crippen molar-refractivity contribution in [1.29, 1.82) is 0 Å². The fourth-order valence-electron chi connectivity index (χ4n) is 2.45. The van der Waals surface area contributed by atoms with Crippen LogP contribution in [0.4, 0.5) is 0 Å². The van der Waals surface area contributed by atoms with E-state index in [2.05, 4.69) is 44.3 Å². The number of para-hydroxylation sites is 1. The molecular formula is C19H31NO4Si3. The van der Waals surface area contributed by atoms with E-state index in [1.165, 1.54) is 0 Å². The summed E-state index contributed by atoms with van der Waals surface area (Å²) in [5.74, 6) is 0.955. The number of rotatable bonds is 6. The molecule has 0 aliphatic heterocycles. The number of hydrogen-bond acceptors (Lipinski definition) is 5. The fraction of sp³-hybridized carbons (Fsp3) is 0.474. The van der Waals surface area contributed by atoms with Crippen LogP contribution in [0, 0.1) is 0 Å². The predicted octanol–water partition coefficient (Wildman–Crippen LogP) is 5.65. The van der Waals surface area contributed by atoms with Crippen LogP contribution in [0.1, 0.15) is 10.5 Å². The van der Waals surface area contributed by atoms with Crippen molar-refractivity contribution < 1.29 is 18.1 Å². The fourth-order valence-corrected chi connectivity index (χ4v) is 4.77. The number of benzene rings is 1. The average molecular weight is 422 g/mol. The molecule has 0 radical (unpaired) electrons. The first-order valence-corrected chi connectivity index (χ1v) is 19.4. The van der Waals surface area contributed by atoms with Crippen LogP contribution in [-0.4, -0.2) is 35.9 Å². The maximum atomic E-state index is 12.7. The highest BCUT2D eigenvalue weighted by molar-refractivity contribution is 6.71. The second-order valence-electron chi connectivity index (χ2n) is 9.59. The van der Waals surface area contributed by atoms with Gasteiger partial charge in [-0.3, -0.25) is 0 Å². The highest BCUT2D eigenvalue weighted by atomic mass is 28.4. The third-order valence-corrected chi connectivity index (χ3v) is 5.67. The van der Waals surface area contributed by atoms with Crippen LogP contribution in [-0.2, 0) is 4.43 Å². The van der Waals surface area contributed by atoms with Gasteiger partial charge in [0.1, 0.15) is 17.0 Å². The molecule has 0 saturated carbocycles. The maximum absolute atomic E-state index is 12.7. The Hall–Kier alpha value is -1.65. The number of carbonyl (C=O) groups is 1. The third kappa shape index (κ3) is 6.47. The molecule has 0 bridgehead atoms. The van der Waals surface area contributed by atoms with Gasteiger partial charge in [0.15, 0.2) is 5.69 Å². The summed E-state index contributed by atoms with van der Waals surface area (Å²) in [6.07, 6.45) is 0. The number of carbonyl (C=O) groups excluding carboxylic acids is 1. The van der Waals surface area contributed by atoms with E-state index in [1.807, 2.05) is 37.8 Å². The van der Waals surface area contributed by atoms with Crippen molar-refractivity contribution in [3.8, 4) is 11.5 Å². The van der Waals surface area contributed by atoms with Crippen molar-refractivity contribution in [2.75, 3.05) is 0 Å². The van der Waals surface area contributed by atoms with Crippen LogP contribution in [0.15, 0.2) is 24.3 Å². The molecule has 0 aliphatic carbocycles. The summed E-state index contributed by atoms with van der Waals surface area (Å²) in [6.45, 7) is 18.6. The summed E-state index contributed by atoms with van der Waals surface area (Å²) in [5.41, 5.74) is 0.919. The quantitative estimate of drug-likeness (QED) is 0.564. The van der Waals surface area contributed by atoms with E-state index in [-0.39, 0.29) is 5.69 Å². The van der Waals surface area contributed by atoms with Gasteiger partial charge in [0.25, 0.3) is 0 Å². The lowest BCUT2D eigenvalue weighted by atomic mass is 10.1. The molecule has 1 heterocycles. The minimum atomic E-state index is -2.03. The van der Waals surface area contributed by atoms with E-state index >= 15 is 0 Å². The molecule has 0 atom stereocenters. The highest BCUT2D eigenvalue weighted by Gasteiger charge is 2.26. The van der Waals surface area contributed by atoms with Crippen molar-refractivity contribution in [1.82, 2.24) is 4.98 Å². The standard InChI is InChI=1S/C19H31NO4Si3/c1-25(2,3)22-16-12-10-11-14-17(23-26(4,5)6)13-15(20-18(14)16)19(21)24-27(7,8)9/h10-13H,1-9H3. The minimum absolute atomic E-state index is 0.268. The van der Waals surface area contributed by atoms with Crippen LogP contribution in [0.2, 0.25) is 58.9 Å². The van der Waals surface area contributed by atoms with Crippen molar-refractivity contribution in [3.63, 3.8) is 0 Å². The van der Waals surface area contributed by atoms with Crippen molar-refractivity contribution in [3.05, 3.63) is 30.0 Å². The van der Waals surface area contributed by atoms with E-state index in [4.69, 9.17) is 13.3 Å². The topological polar surface area (TPSA) is 57.7 Å². The van der Waals surface area contributed by atoms with Gasteiger partial charge in [0.05, 0.1) is 0 Å². The zero-order chi connectivity index (χ0) is 20.6. The van der Waals surface area contributed by atoms with Crippen LogP contribution >= 0.6 is 0 Å². The van der Waals surface area contributed by atoms with Gasteiger partial charge in [0, 0.05) is 11.5 Å². The molecule has 0 N–H and O–H groups in total. The van der Waals surface area contributed by atoms with Gasteiger partial charge >= 0.3 is 5.97 Å². The lowest BCUT2D eigenvalue weighted by Gasteiger charge is -2.24. The number of fused-ring (bicyclic) bond motifs is 1. The summed E-state index contributed by atoms with van der Waals surface area (Å²) in [6, 6.07) is 7.51. The molecule has 0 aliphatic rings. The predicted molar refractivity (Wildman–Crippen MR) is 118 cm³/mol. The summed E-state index contributed by atoms with van der Waals surface area (Å²) < 4.78 is 18.2. The average Bonchev–Trinajstić information content (AvgIpc) is 2.42. The second-order valence-corrected chi connectivity index (χ2v) is 22.9. The molecule has 0 unspecified atom stereocenters. The second kappa shape index (κ2) is 7.40. The largest absolute Gasteiger partial charge is 0.544 e. The van der Waals surface area contributed by atoms with Crippen molar-refractivity contribution in [2.24, 2.45) is 0 Å². The van der Waals surface area contributed by atoms with Gasteiger partial charge in [-0.25, -0.2) is 9.78 Å². The Bertz CT molecular complexity index is 849.